The van der Waals surface area contributed by atoms with Crippen LogP contribution in [-0.2, 0) is 5.41 Å². The number of benzene rings is 9. The highest BCUT2D eigenvalue weighted by Crippen LogP contribution is 2.58. The van der Waals surface area contributed by atoms with Gasteiger partial charge in [-0.15, -0.1) is 0 Å². The summed E-state index contributed by atoms with van der Waals surface area (Å²) in [4.78, 5) is 20.9. The van der Waals surface area contributed by atoms with Crippen molar-refractivity contribution in [2.24, 2.45) is 0 Å². The van der Waals surface area contributed by atoms with E-state index in [1.807, 2.05) is 60.7 Å². The normalized spacial score (nSPS) is 12.3. The summed E-state index contributed by atoms with van der Waals surface area (Å²) in [6, 6.07) is 90.2. The zero-order valence-electron chi connectivity index (χ0n) is 36.5. The molecule has 67 heavy (non-hydrogen) atoms. The zero-order valence-corrected chi connectivity index (χ0v) is 36.5. The Balaban J connectivity index is 1.15. The van der Waals surface area contributed by atoms with Crippen LogP contribution in [0.4, 0.5) is 0 Å². The summed E-state index contributed by atoms with van der Waals surface area (Å²) >= 11 is 0. The van der Waals surface area contributed by atoms with Gasteiger partial charge in [0, 0.05) is 27.8 Å². The van der Waals surface area contributed by atoms with Crippen molar-refractivity contribution in [2.45, 2.75) is 5.41 Å². The highest BCUT2D eigenvalue weighted by atomic mass is 15.0. The maximum Gasteiger partial charge on any atom is 0.164 e. The van der Waals surface area contributed by atoms with Crippen LogP contribution in [-0.4, -0.2) is 19.9 Å². The van der Waals surface area contributed by atoms with Crippen molar-refractivity contribution < 1.29 is 0 Å². The quantitative estimate of drug-likeness (QED) is 0.145. The molecule has 0 spiro atoms. The molecule has 0 aliphatic heterocycles. The summed E-state index contributed by atoms with van der Waals surface area (Å²) < 4.78 is 0. The lowest BCUT2D eigenvalue weighted by Crippen LogP contribution is -2.28. The van der Waals surface area contributed by atoms with Gasteiger partial charge in [-0.2, -0.15) is 0 Å². The molecule has 1 aliphatic carbocycles. The van der Waals surface area contributed by atoms with Gasteiger partial charge in [0.15, 0.2) is 17.5 Å². The van der Waals surface area contributed by atoms with Crippen LogP contribution in [0.5, 0.6) is 0 Å². The van der Waals surface area contributed by atoms with Crippen molar-refractivity contribution in [3.05, 3.63) is 277 Å². The zero-order chi connectivity index (χ0) is 44.6. The van der Waals surface area contributed by atoms with E-state index in [0.29, 0.717) is 17.5 Å². The Hall–Kier alpha value is -8.86. The summed E-state index contributed by atoms with van der Waals surface area (Å²) in [5, 5.41) is 0. The Bertz CT molecular complexity index is 3390. The smallest absolute Gasteiger partial charge is 0.164 e. The number of nitrogens with zero attached hydrogens (tertiary/aromatic N) is 4. The summed E-state index contributed by atoms with van der Waals surface area (Å²) in [5.41, 5.74) is 17.6. The van der Waals surface area contributed by atoms with Crippen LogP contribution in [0.2, 0.25) is 0 Å². The minimum atomic E-state index is -0.602. The van der Waals surface area contributed by atoms with E-state index in [1.165, 1.54) is 33.4 Å². The maximum absolute atomic E-state index is 5.59. The molecule has 0 unspecified atom stereocenters. The Morgan fingerprint density at radius 1 is 0.224 bits per heavy atom. The second-order valence-electron chi connectivity index (χ2n) is 16.9. The number of aromatic nitrogens is 4. The second kappa shape index (κ2) is 16.9. The van der Waals surface area contributed by atoms with E-state index >= 15 is 0 Å². The van der Waals surface area contributed by atoms with Crippen LogP contribution in [0, 0.1) is 0 Å². The highest BCUT2D eigenvalue weighted by Gasteiger charge is 2.46. The van der Waals surface area contributed by atoms with Gasteiger partial charge in [-0.1, -0.05) is 224 Å². The summed E-state index contributed by atoms with van der Waals surface area (Å²) in [6.45, 7) is 0. The first-order valence-electron chi connectivity index (χ1n) is 22.7. The van der Waals surface area contributed by atoms with Crippen LogP contribution < -0.4 is 0 Å². The third-order valence-corrected chi connectivity index (χ3v) is 13.0. The molecule has 0 saturated heterocycles. The van der Waals surface area contributed by atoms with Crippen LogP contribution >= 0.6 is 0 Å². The molecule has 0 amide bonds. The van der Waals surface area contributed by atoms with Crippen molar-refractivity contribution >= 4 is 0 Å². The van der Waals surface area contributed by atoms with Crippen LogP contribution in [0.25, 0.3) is 90.1 Å². The van der Waals surface area contributed by atoms with Gasteiger partial charge in [0.2, 0.25) is 0 Å². The molecule has 0 saturated carbocycles. The molecule has 12 rings (SSSR count). The highest BCUT2D eigenvalue weighted by molar-refractivity contribution is 5.95. The van der Waals surface area contributed by atoms with E-state index < -0.39 is 5.41 Å². The molecule has 0 bridgehead atoms. The fourth-order valence-electron chi connectivity index (χ4n) is 9.92. The predicted octanol–water partition coefficient (Wildman–Crippen LogP) is 15.3. The third-order valence-electron chi connectivity index (χ3n) is 13.0. The minimum absolute atomic E-state index is 0.602. The van der Waals surface area contributed by atoms with Gasteiger partial charge in [-0.3, -0.25) is 0 Å². The maximum atomic E-state index is 5.59. The molecule has 0 radical (unpaired) electrons. The number of pyridine rings is 1. The lowest BCUT2D eigenvalue weighted by molar-refractivity contribution is 0.769. The fourth-order valence-corrected chi connectivity index (χ4v) is 9.92. The van der Waals surface area contributed by atoms with Crippen molar-refractivity contribution in [1.82, 2.24) is 19.9 Å². The minimum Gasteiger partial charge on any atom is -0.248 e. The first kappa shape index (κ1) is 39.7. The van der Waals surface area contributed by atoms with E-state index in [9.17, 15) is 0 Å². The van der Waals surface area contributed by atoms with Gasteiger partial charge in [0.25, 0.3) is 0 Å². The predicted molar refractivity (Wildman–Crippen MR) is 273 cm³/mol. The Labute approximate surface area is 390 Å². The van der Waals surface area contributed by atoms with Crippen molar-refractivity contribution in [1.29, 1.82) is 0 Å². The summed E-state index contributed by atoms with van der Waals surface area (Å²) in [6.07, 6.45) is 0. The van der Waals surface area contributed by atoms with Gasteiger partial charge in [0.1, 0.15) is 0 Å². The Morgan fingerprint density at radius 3 is 1.25 bits per heavy atom. The largest absolute Gasteiger partial charge is 0.248 e. The molecule has 0 N–H and O–H groups in total. The van der Waals surface area contributed by atoms with Crippen molar-refractivity contribution in [3.8, 4) is 90.1 Å². The summed E-state index contributed by atoms with van der Waals surface area (Å²) in [7, 11) is 0. The third kappa shape index (κ3) is 7.13. The van der Waals surface area contributed by atoms with Crippen molar-refractivity contribution in [2.75, 3.05) is 0 Å². The number of hydrogen-bond acceptors (Lipinski definition) is 4. The SMILES string of the molecule is c1ccc(-c2cc(-c3ccccc3)nc(-c3cc4c(cc3-c3cccc(-c5nc(-c6ccccc6)nc(-c6ccccc6)n5)c3)-c3ccccc3C4(c3ccccc3)c3ccccc3)c2)cc1. The van der Waals surface area contributed by atoms with E-state index in [2.05, 4.69) is 194 Å². The number of rotatable bonds is 9. The molecule has 314 valence electrons. The van der Waals surface area contributed by atoms with Gasteiger partial charge in [-0.05, 0) is 86.0 Å². The Morgan fingerprint density at radius 2 is 0.672 bits per heavy atom. The first-order valence-corrected chi connectivity index (χ1v) is 22.7. The molecular weight excluding hydrogens is 813 g/mol. The second-order valence-corrected chi connectivity index (χ2v) is 16.9. The molecule has 4 nitrogen and oxygen atoms in total. The van der Waals surface area contributed by atoms with Crippen LogP contribution in [0.15, 0.2) is 255 Å². The topological polar surface area (TPSA) is 51.6 Å². The molecule has 9 aromatic carbocycles. The molecule has 1 aliphatic rings. The molecule has 4 heteroatoms. The fraction of sp³-hybridized carbons (Fsp3) is 0.0159. The van der Waals surface area contributed by atoms with E-state index in [4.69, 9.17) is 19.9 Å². The van der Waals surface area contributed by atoms with Gasteiger partial charge >= 0.3 is 0 Å². The molecular formula is C63H42N4. The van der Waals surface area contributed by atoms with Crippen LogP contribution in [0.3, 0.4) is 0 Å². The summed E-state index contributed by atoms with van der Waals surface area (Å²) in [5.74, 6) is 1.85. The van der Waals surface area contributed by atoms with Crippen molar-refractivity contribution in [3.63, 3.8) is 0 Å². The Kier molecular flexibility index (Phi) is 10.0. The van der Waals surface area contributed by atoms with Gasteiger partial charge < -0.3 is 0 Å². The van der Waals surface area contributed by atoms with E-state index in [-0.39, 0.29) is 0 Å². The molecule has 2 heterocycles. The van der Waals surface area contributed by atoms with Crippen LogP contribution in [0.1, 0.15) is 22.3 Å². The van der Waals surface area contributed by atoms with E-state index in [1.54, 1.807) is 0 Å². The lowest BCUT2D eigenvalue weighted by Gasteiger charge is -2.34. The number of hydrogen-bond donors (Lipinski definition) is 0. The standard InChI is InChI=1S/C63H42N4/c1-7-22-43(23-8-1)49-39-58(44-24-9-2-10-25-44)64-59(40-49)55-42-57-54(52-36-19-20-37-56(52)63(57,50-32-15-5-16-33-50)51-34-17-6-18-35-51)41-53(55)47-30-21-31-48(38-47)62-66-60(45-26-11-3-12-27-45)65-61(67-62)46-28-13-4-14-29-46/h1-42H. The lowest BCUT2D eigenvalue weighted by atomic mass is 9.67. The monoisotopic (exact) mass is 854 g/mol. The molecule has 0 atom stereocenters. The number of fused-ring (bicyclic) bond motifs is 3. The average Bonchev–Trinajstić information content (AvgIpc) is 3.72. The molecule has 11 aromatic rings. The van der Waals surface area contributed by atoms with Gasteiger partial charge in [-0.25, -0.2) is 19.9 Å². The average molecular weight is 855 g/mol. The van der Waals surface area contributed by atoms with Gasteiger partial charge in [0.05, 0.1) is 16.8 Å². The van der Waals surface area contributed by atoms with E-state index in [0.717, 1.165) is 61.5 Å². The first-order chi connectivity index (χ1) is 33.2. The molecule has 2 aromatic heterocycles. The molecule has 0 fully saturated rings.